The topological polar surface area (TPSA) is 93.5 Å². The molecule has 10 heteroatoms. The van der Waals surface area contributed by atoms with E-state index >= 15 is 0 Å². The number of nitrogens with one attached hydrogen (secondary N) is 1. The van der Waals surface area contributed by atoms with Gasteiger partial charge >= 0.3 is 6.03 Å². The minimum atomic E-state index is -3.94. The van der Waals surface area contributed by atoms with Crippen LogP contribution in [0.5, 0.6) is 0 Å². The molecule has 1 aromatic heterocycles. The second-order valence-corrected chi connectivity index (χ2v) is 10.1. The lowest BCUT2D eigenvalue weighted by Gasteiger charge is -2.27. The smallest absolute Gasteiger partial charge is 0.317 e. The van der Waals surface area contributed by atoms with Crippen molar-refractivity contribution in [3.05, 3.63) is 47.5 Å². The summed E-state index contributed by atoms with van der Waals surface area (Å²) in [6, 6.07) is 5.47. The largest absolute Gasteiger partial charge is 0.376 e. The van der Waals surface area contributed by atoms with Crippen molar-refractivity contribution in [1.82, 2.24) is 19.8 Å². The number of imidazole rings is 1. The number of urea groups is 1. The van der Waals surface area contributed by atoms with Gasteiger partial charge < -0.3 is 19.5 Å². The Morgan fingerprint density at radius 2 is 2.12 bits per heavy atom. The Morgan fingerprint density at radius 1 is 1.38 bits per heavy atom. The van der Waals surface area contributed by atoms with Crippen molar-refractivity contribution in [2.75, 3.05) is 13.2 Å². The number of sulfone groups is 1. The molecule has 0 bridgehead atoms. The molecular weight excluding hydrogens is 435 g/mol. The van der Waals surface area contributed by atoms with Crippen LogP contribution in [0.25, 0.3) is 0 Å². The van der Waals surface area contributed by atoms with E-state index in [4.69, 9.17) is 4.74 Å². The van der Waals surface area contributed by atoms with Crippen LogP contribution in [0.1, 0.15) is 44.9 Å². The Hall–Kier alpha value is -2.46. The predicted octanol–water partition coefficient (Wildman–Crippen LogP) is 3.12. The zero-order valence-electron chi connectivity index (χ0n) is 18.8. The third kappa shape index (κ3) is 5.66. The fourth-order valence-corrected chi connectivity index (χ4v) is 5.27. The first-order valence-electron chi connectivity index (χ1n) is 10.9. The van der Waals surface area contributed by atoms with Gasteiger partial charge in [0.15, 0.2) is 0 Å². The molecular formula is C22H31FN4O4S. The maximum absolute atomic E-state index is 14.1. The minimum absolute atomic E-state index is 0.0897. The fraction of sp³-hybridized carbons (Fsp3) is 0.545. The van der Waals surface area contributed by atoms with E-state index in [9.17, 15) is 17.6 Å². The van der Waals surface area contributed by atoms with E-state index in [-0.39, 0.29) is 35.4 Å². The summed E-state index contributed by atoms with van der Waals surface area (Å²) < 4.78 is 47.9. The number of carbonyl (C=O) groups is 1. The van der Waals surface area contributed by atoms with Crippen LogP contribution < -0.4 is 5.32 Å². The predicted molar refractivity (Wildman–Crippen MR) is 118 cm³/mol. The third-order valence-electron chi connectivity index (χ3n) is 5.44. The lowest BCUT2D eigenvalue weighted by atomic mass is 10.2. The van der Waals surface area contributed by atoms with E-state index in [0.29, 0.717) is 25.4 Å². The molecule has 1 atom stereocenters. The summed E-state index contributed by atoms with van der Waals surface area (Å²) >= 11 is 0. The number of rotatable bonds is 9. The molecule has 1 N–H and O–H groups in total. The van der Waals surface area contributed by atoms with Gasteiger partial charge in [-0.2, -0.15) is 0 Å². The highest BCUT2D eigenvalue weighted by Crippen LogP contribution is 2.23. The zero-order chi connectivity index (χ0) is 23.3. The van der Waals surface area contributed by atoms with Gasteiger partial charge in [0, 0.05) is 24.8 Å². The number of nitrogens with zero attached hydrogens (tertiary/aromatic N) is 3. The summed E-state index contributed by atoms with van der Waals surface area (Å²) in [5.74, 6) is -1.07. The van der Waals surface area contributed by atoms with Gasteiger partial charge in [0.25, 0.3) is 0 Å². The lowest BCUT2D eigenvalue weighted by Crippen LogP contribution is -2.43. The molecule has 8 nitrogen and oxygen atoms in total. The maximum Gasteiger partial charge on any atom is 0.317 e. The fourth-order valence-electron chi connectivity index (χ4n) is 3.75. The molecule has 2 heterocycles. The second-order valence-electron chi connectivity index (χ2n) is 8.19. The molecule has 176 valence electrons. The Morgan fingerprint density at radius 3 is 2.75 bits per heavy atom. The number of hydrogen-bond acceptors (Lipinski definition) is 5. The van der Waals surface area contributed by atoms with Crippen LogP contribution in [0.4, 0.5) is 9.18 Å². The van der Waals surface area contributed by atoms with Gasteiger partial charge in [-0.15, -0.1) is 0 Å². The molecule has 1 unspecified atom stereocenters. The average molecular weight is 467 g/mol. The summed E-state index contributed by atoms with van der Waals surface area (Å²) in [5, 5.41) is 2.65. The van der Waals surface area contributed by atoms with Crippen LogP contribution in [0.2, 0.25) is 0 Å². The molecule has 1 fully saturated rings. The molecule has 0 aliphatic carbocycles. The molecule has 32 heavy (non-hydrogen) atoms. The molecule has 3 rings (SSSR count). The average Bonchev–Trinajstić information content (AvgIpc) is 3.38. The maximum atomic E-state index is 14.1. The van der Waals surface area contributed by atoms with E-state index in [1.54, 1.807) is 15.5 Å². The highest BCUT2D eigenvalue weighted by Gasteiger charge is 2.29. The van der Waals surface area contributed by atoms with Crippen LogP contribution in [-0.4, -0.2) is 54.2 Å². The summed E-state index contributed by atoms with van der Waals surface area (Å²) in [6.45, 7) is 7.24. The Balaban J connectivity index is 1.96. The molecule has 2 aromatic rings. The first-order chi connectivity index (χ1) is 15.2. The van der Waals surface area contributed by atoms with E-state index in [2.05, 4.69) is 10.3 Å². The molecule has 1 saturated heterocycles. The molecule has 1 aliphatic rings. The molecule has 2 amide bonds. The van der Waals surface area contributed by atoms with Crippen LogP contribution in [0, 0.1) is 5.82 Å². The number of aromatic nitrogens is 2. The highest BCUT2D eigenvalue weighted by molar-refractivity contribution is 7.90. The van der Waals surface area contributed by atoms with Gasteiger partial charge in [-0.3, -0.25) is 0 Å². The van der Waals surface area contributed by atoms with Gasteiger partial charge in [0.05, 0.1) is 36.8 Å². The van der Waals surface area contributed by atoms with Crippen molar-refractivity contribution in [2.45, 2.75) is 69.8 Å². The summed E-state index contributed by atoms with van der Waals surface area (Å²) in [6.07, 6.45) is 3.07. The Kier molecular flexibility index (Phi) is 7.89. The number of carbonyl (C=O) groups excluding carboxylic acids is 1. The molecule has 0 saturated carbocycles. The second kappa shape index (κ2) is 10.4. The van der Waals surface area contributed by atoms with Gasteiger partial charge in [-0.1, -0.05) is 18.2 Å². The van der Waals surface area contributed by atoms with E-state index in [1.807, 2.05) is 20.8 Å². The van der Waals surface area contributed by atoms with Crippen LogP contribution in [0.15, 0.2) is 35.6 Å². The molecule has 0 radical (unpaired) electrons. The SMILES string of the molecule is CCNC(=O)N(Cc1cnc(S(=O)(=O)Cc2ccccc2F)n1CC1CCCO1)C(C)C. The highest BCUT2D eigenvalue weighted by atomic mass is 32.2. The molecule has 1 aromatic carbocycles. The Bertz CT molecular complexity index is 1030. The quantitative estimate of drug-likeness (QED) is 0.613. The van der Waals surface area contributed by atoms with Gasteiger partial charge in [0.1, 0.15) is 5.82 Å². The van der Waals surface area contributed by atoms with Crippen molar-refractivity contribution < 1.29 is 22.3 Å². The van der Waals surface area contributed by atoms with Gasteiger partial charge in [-0.25, -0.2) is 22.6 Å². The van der Waals surface area contributed by atoms with Crippen molar-refractivity contribution in [2.24, 2.45) is 0 Å². The number of ether oxygens (including phenoxy) is 1. The van der Waals surface area contributed by atoms with Crippen LogP contribution in [-0.2, 0) is 33.4 Å². The van der Waals surface area contributed by atoms with Crippen molar-refractivity contribution in [3.63, 3.8) is 0 Å². The first kappa shape index (κ1) is 24.2. The van der Waals surface area contributed by atoms with Crippen molar-refractivity contribution >= 4 is 15.9 Å². The van der Waals surface area contributed by atoms with Gasteiger partial charge in [0.2, 0.25) is 15.0 Å². The standard InChI is InChI=1S/C22H31FN4O4S/c1-4-24-21(28)26(16(2)3)13-18-12-25-22(27(18)14-19-9-7-11-31-19)32(29,30)15-17-8-5-6-10-20(17)23/h5-6,8,10,12,16,19H,4,7,9,11,13-15H2,1-3H3,(H,24,28). The Labute approximate surface area is 188 Å². The van der Waals surface area contributed by atoms with Crippen molar-refractivity contribution in [1.29, 1.82) is 0 Å². The monoisotopic (exact) mass is 466 g/mol. The normalized spacial score (nSPS) is 16.5. The first-order valence-corrected chi connectivity index (χ1v) is 12.5. The molecule has 1 aliphatic heterocycles. The van der Waals surface area contributed by atoms with Gasteiger partial charge in [-0.05, 0) is 39.7 Å². The van der Waals surface area contributed by atoms with E-state index in [1.165, 1.54) is 24.4 Å². The minimum Gasteiger partial charge on any atom is -0.376 e. The lowest BCUT2D eigenvalue weighted by molar-refractivity contribution is 0.0932. The summed E-state index contributed by atoms with van der Waals surface area (Å²) in [4.78, 5) is 18.4. The van der Waals surface area contributed by atoms with E-state index in [0.717, 1.165) is 12.8 Å². The number of hydrogen-bond donors (Lipinski definition) is 1. The third-order valence-corrected chi connectivity index (χ3v) is 7.01. The number of amides is 2. The summed E-state index contributed by atoms with van der Waals surface area (Å²) in [5.41, 5.74) is 0.680. The van der Waals surface area contributed by atoms with Crippen LogP contribution >= 0.6 is 0 Å². The molecule has 0 spiro atoms. The number of benzene rings is 1. The summed E-state index contributed by atoms with van der Waals surface area (Å²) in [7, 11) is -3.94. The van der Waals surface area contributed by atoms with Crippen molar-refractivity contribution in [3.8, 4) is 0 Å². The van der Waals surface area contributed by atoms with E-state index < -0.39 is 21.4 Å². The van der Waals surface area contributed by atoms with Crippen LogP contribution in [0.3, 0.4) is 0 Å². The number of halogens is 1. The zero-order valence-corrected chi connectivity index (χ0v) is 19.6.